The van der Waals surface area contributed by atoms with E-state index in [0.717, 1.165) is 10.9 Å². The number of ether oxygens (including phenoxy) is 1. The second kappa shape index (κ2) is 5.74. The van der Waals surface area contributed by atoms with Crippen molar-refractivity contribution in [2.45, 2.75) is 39.3 Å². The van der Waals surface area contributed by atoms with Crippen molar-refractivity contribution in [1.82, 2.24) is 5.32 Å². The molecule has 0 spiro atoms. The van der Waals surface area contributed by atoms with Gasteiger partial charge in [0.15, 0.2) is 0 Å². The second-order valence-corrected chi connectivity index (χ2v) is 6.62. The van der Waals surface area contributed by atoms with Gasteiger partial charge in [-0.15, -0.1) is 0 Å². The average molecular weight is 341 g/mol. The molecule has 2 rings (SSSR count). The van der Waals surface area contributed by atoms with Crippen LogP contribution >= 0.6 is 15.9 Å². The van der Waals surface area contributed by atoms with E-state index in [1.165, 1.54) is 0 Å². The number of amides is 1. The molecule has 0 aliphatic heterocycles. The molecule has 3 N–H and O–H groups in total. The summed E-state index contributed by atoms with van der Waals surface area (Å²) in [6, 6.07) is 5.36. The summed E-state index contributed by atoms with van der Waals surface area (Å²) in [5, 5.41) is 3.08. The minimum atomic E-state index is -0.0706. The number of benzene rings is 1. The number of nitrogens with one attached hydrogen (secondary N) is 1. The number of carbonyl (C=O) groups is 1. The molecule has 110 valence electrons. The fourth-order valence-electron chi connectivity index (χ4n) is 2.52. The molecule has 1 amide bonds. The van der Waals surface area contributed by atoms with E-state index in [9.17, 15) is 4.79 Å². The number of hydrogen-bond acceptors (Lipinski definition) is 3. The monoisotopic (exact) mass is 340 g/mol. The van der Waals surface area contributed by atoms with Crippen LogP contribution in [0.25, 0.3) is 0 Å². The Morgan fingerprint density at radius 1 is 1.55 bits per heavy atom. The maximum atomic E-state index is 12.3. The van der Waals surface area contributed by atoms with Crippen LogP contribution in [0.5, 0.6) is 0 Å². The molecule has 1 aromatic carbocycles. The lowest BCUT2D eigenvalue weighted by Crippen LogP contribution is -2.62. The van der Waals surface area contributed by atoms with Crippen molar-refractivity contribution in [3.63, 3.8) is 0 Å². The minimum Gasteiger partial charge on any atom is -0.398 e. The Morgan fingerprint density at radius 2 is 2.25 bits per heavy atom. The molecule has 1 aliphatic rings. The molecule has 1 aliphatic carbocycles. The summed E-state index contributed by atoms with van der Waals surface area (Å²) in [7, 11) is 0. The maximum absolute atomic E-state index is 12.3. The van der Waals surface area contributed by atoms with E-state index in [2.05, 4.69) is 35.1 Å². The van der Waals surface area contributed by atoms with Gasteiger partial charge in [-0.05, 0) is 47.5 Å². The Kier molecular flexibility index (Phi) is 4.39. The Bertz CT molecular complexity index is 517. The van der Waals surface area contributed by atoms with Crippen molar-refractivity contribution in [2.75, 3.05) is 12.3 Å². The van der Waals surface area contributed by atoms with E-state index in [1.54, 1.807) is 18.2 Å². The van der Waals surface area contributed by atoms with Gasteiger partial charge in [-0.25, -0.2) is 0 Å². The predicted octanol–water partition coefficient (Wildman–Crippen LogP) is 2.96. The van der Waals surface area contributed by atoms with E-state index in [-0.39, 0.29) is 23.5 Å². The molecule has 1 aromatic rings. The average Bonchev–Trinajstić information content (AvgIpc) is 2.40. The number of nitrogens with two attached hydrogens (primary N) is 1. The first-order valence-corrected chi connectivity index (χ1v) is 7.63. The maximum Gasteiger partial charge on any atom is 0.251 e. The van der Waals surface area contributed by atoms with E-state index in [0.29, 0.717) is 17.9 Å². The molecule has 0 aromatic heterocycles. The molecule has 2 unspecified atom stereocenters. The summed E-state index contributed by atoms with van der Waals surface area (Å²) in [6.07, 6.45) is 1.08. The van der Waals surface area contributed by atoms with Crippen LogP contribution in [-0.4, -0.2) is 24.7 Å². The third kappa shape index (κ3) is 2.83. The summed E-state index contributed by atoms with van der Waals surface area (Å²) < 4.78 is 6.41. The van der Waals surface area contributed by atoms with Gasteiger partial charge in [0.1, 0.15) is 0 Å². The van der Waals surface area contributed by atoms with Crippen molar-refractivity contribution in [1.29, 1.82) is 0 Å². The second-order valence-electron chi connectivity index (χ2n) is 5.76. The SMILES string of the molecule is CCOC1CC(NC(=O)c2ccc(N)c(Br)c2)C1(C)C. The van der Waals surface area contributed by atoms with Gasteiger partial charge in [-0.3, -0.25) is 4.79 Å². The molecule has 1 fully saturated rings. The molecule has 4 nitrogen and oxygen atoms in total. The highest BCUT2D eigenvalue weighted by Gasteiger charge is 2.49. The smallest absolute Gasteiger partial charge is 0.251 e. The number of anilines is 1. The van der Waals surface area contributed by atoms with Crippen LogP contribution in [-0.2, 0) is 4.74 Å². The number of halogens is 1. The molecular formula is C15H21BrN2O2. The van der Waals surface area contributed by atoms with E-state index >= 15 is 0 Å². The first kappa shape index (κ1) is 15.3. The summed E-state index contributed by atoms with van der Waals surface area (Å²) in [5.41, 5.74) is 6.94. The van der Waals surface area contributed by atoms with Crippen LogP contribution in [0.15, 0.2) is 22.7 Å². The van der Waals surface area contributed by atoms with Crippen molar-refractivity contribution in [3.8, 4) is 0 Å². The van der Waals surface area contributed by atoms with E-state index < -0.39 is 0 Å². The third-order valence-corrected chi connectivity index (χ3v) is 4.80. The van der Waals surface area contributed by atoms with Gasteiger partial charge >= 0.3 is 0 Å². The van der Waals surface area contributed by atoms with Crippen LogP contribution in [0, 0.1) is 5.41 Å². The number of rotatable bonds is 4. The summed E-state index contributed by atoms with van der Waals surface area (Å²) >= 11 is 3.34. The van der Waals surface area contributed by atoms with Gasteiger partial charge in [0, 0.05) is 33.8 Å². The Morgan fingerprint density at radius 3 is 2.80 bits per heavy atom. The predicted molar refractivity (Wildman–Crippen MR) is 83.6 cm³/mol. The van der Waals surface area contributed by atoms with Crippen molar-refractivity contribution < 1.29 is 9.53 Å². The molecule has 2 atom stereocenters. The van der Waals surface area contributed by atoms with Crippen LogP contribution < -0.4 is 11.1 Å². The molecule has 1 saturated carbocycles. The van der Waals surface area contributed by atoms with Crippen molar-refractivity contribution in [3.05, 3.63) is 28.2 Å². The molecule has 20 heavy (non-hydrogen) atoms. The highest BCUT2D eigenvalue weighted by molar-refractivity contribution is 9.10. The van der Waals surface area contributed by atoms with Gasteiger partial charge < -0.3 is 15.8 Å². The molecular weight excluding hydrogens is 320 g/mol. The van der Waals surface area contributed by atoms with E-state index in [4.69, 9.17) is 10.5 Å². The van der Waals surface area contributed by atoms with Crippen molar-refractivity contribution >= 4 is 27.5 Å². The lowest BCUT2D eigenvalue weighted by atomic mass is 9.64. The first-order valence-electron chi connectivity index (χ1n) is 6.83. The molecule has 0 heterocycles. The topological polar surface area (TPSA) is 64.3 Å². The third-order valence-electron chi connectivity index (χ3n) is 4.11. The van der Waals surface area contributed by atoms with Crippen LogP contribution in [0.4, 0.5) is 5.69 Å². The Balaban J connectivity index is 2.01. The minimum absolute atomic E-state index is 0.0310. The molecule has 0 saturated heterocycles. The van der Waals surface area contributed by atoms with Gasteiger partial charge in [-0.2, -0.15) is 0 Å². The number of nitrogen functional groups attached to an aromatic ring is 1. The molecule has 5 heteroatoms. The quantitative estimate of drug-likeness (QED) is 0.828. The summed E-state index contributed by atoms with van der Waals surface area (Å²) in [6.45, 7) is 6.95. The van der Waals surface area contributed by atoms with Gasteiger partial charge in [0.25, 0.3) is 5.91 Å². The van der Waals surface area contributed by atoms with E-state index in [1.807, 2.05) is 6.92 Å². The van der Waals surface area contributed by atoms with Crippen molar-refractivity contribution in [2.24, 2.45) is 5.41 Å². The first-order chi connectivity index (χ1) is 9.36. The zero-order valence-corrected chi connectivity index (χ0v) is 13.7. The zero-order chi connectivity index (χ0) is 14.9. The normalized spacial score (nSPS) is 24.0. The number of carbonyl (C=O) groups excluding carboxylic acids is 1. The van der Waals surface area contributed by atoms with Crippen LogP contribution in [0.1, 0.15) is 37.6 Å². The van der Waals surface area contributed by atoms with Crippen LogP contribution in [0.3, 0.4) is 0 Å². The highest BCUT2D eigenvalue weighted by atomic mass is 79.9. The van der Waals surface area contributed by atoms with Gasteiger partial charge in [0.05, 0.1) is 6.10 Å². The van der Waals surface area contributed by atoms with Gasteiger partial charge in [-0.1, -0.05) is 13.8 Å². The van der Waals surface area contributed by atoms with Gasteiger partial charge in [0.2, 0.25) is 0 Å². The summed E-state index contributed by atoms with van der Waals surface area (Å²) in [5.74, 6) is -0.0706. The Hall–Kier alpha value is -1.07. The summed E-state index contributed by atoms with van der Waals surface area (Å²) in [4.78, 5) is 12.3. The number of hydrogen-bond donors (Lipinski definition) is 2. The fraction of sp³-hybridized carbons (Fsp3) is 0.533. The molecule has 0 radical (unpaired) electrons. The lowest BCUT2D eigenvalue weighted by Gasteiger charge is -2.51. The lowest BCUT2D eigenvalue weighted by molar-refractivity contribution is -0.111. The highest BCUT2D eigenvalue weighted by Crippen LogP contribution is 2.42. The standard InChI is InChI=1S/C15H21BrN2O2/c1-4-20-13-8-12(15(13,2)3)18-14(19)9-5-6-11(17)10(16)7-9/h5-7,12-13H,4,8,17H2,1-3H3,(H,18,19). The van der Waals surface area contributed by atoms with Crippen LogP contribution in [0.2, 0.25) is 0 Å². The fourth-order valence-corrected chi connectivity index (χ4v) is 2.90. The molecule has 0 bridgehead atoms. The zero-order valence-electron chi connectivity index (χ0n) is 12.1. The Labute approximate surface area is 128 Å². The largest absolute Gasteiger partial charge is 0.398 e.